The summed E-state index contributed by atoms with van der Waals surface area (Å²) in [4.78, 5) is 23.8. The second-order valence-electron chi connectivity index (χ2n) is 7.70. The fourth-order valence-corrected chi connectivity index (χ4v) is 2.96. The molecule has 2 amide bonds. The molecule has 7 heteroatoms. The smallest absolute Gasteiger partial charge is 0.407 e. The molecule has 26 heavy (non-hydrogen) atoms. The second-order valence-corrected chi connectivity index (χ2v) is 7.70. The normalized spacial score (nSPS) is 20.3. The minimum Gasteiger partial charge on any atom is -0.444 e. The maximum absolute atomic E-state index is 13.2. The lowest BCUT2D eigenvalue weighted by atomic mass is 9.86. The van der Waals surface area contributed by atoms with E-state index in [-0.39, 0.29) is 11.6 Å². The molecule has 1 aliphatic rings. The molecule has 0 spiro atoms. The molecule has 0 bridgehead atoms. The van der Waals surface area contributed by atoms with Crippen molar-refractivity contribution in [1.82, 2.24) is 10.6 Å². The molecule has 0 saturated heterocycles. The molecule has 1 fully saturated rings. The van der Waals surface area contributed by atoms with Gasteiger partial charge in [0.2, 0.25) is 0 Å². The third kappa shape index (κ3) is 6.28. The number of carbonyl (C=O) groups is 2. The Morgan fingerprint density at radius 3 is 2.35 bits per heavy atom. The summed E-state index contributed by atoms with van der Waals surface area (Å²) >= 11 is 0. The van der Waals surface area contributed by atoms with E-state index in [0.717, 1.165) is 37.8 Å². The Hall–Kier alpha value is -2.18. The molecule has 1 aliphatic carbocycles. The minimum atomic E-state index is -1.04. The van der Waals surface area contributed by atoms with Gasteiger partial charge in [-0.2, -0.15) is 0 Å². The number of halogens is 2. The van der Waals surface area contributed by atoms with Crippen LogP contribution in [-0.2, 0) is 4.74 Å². The number of ether oxygens (including phenoxy) is 1. The molecule has 1 saturated carbocycles. The highest BCUT2D eigenvalue weighted by Gasteiger charge is 2.25. The van der Waals surface area contributed by atoms with Crippen LogP contribution in [0.5, 0.6) is 0 Å². The number of hydrogen-bond donors (Lipinski definition) is 2. The van der Waals surface area contributed by atoms with Gasteiger partial charge in [-0.1, -0.05) is 0 Å². The number of nitrogens with one attached hydrogen (secondary N) is 2. The average molecular weight is 368 g/mol. The monoisotopic (exact) mass is 368 g/mol. The van der Waals surface area contributed by atoms with Crippen LogP contribution < -0.4 is 10.6 Å². The summed E-state index contributed by atoms with van der Waals surface area (Å²) in [6.45, 7) is 5.93. The third-order valence-corrected chi connectivity index (χ3v) is 4.30. The highest BCUT2D eigenvalue weighted by molar-refractivity contribution is 5.94. The standard InChI is InChI=1S/C19H26F2N2O3/c1-19(2,3)26-18(25)23-14-7-4-12(5-8-14)11-22-17(24)13-6-9-15(20)16(21)10-13/h6,9-10,12,14H,4-5,7-8,11H2,1-3H3,(H,22,24)(H,23,25). The third-order valence-electron chi connectivity index (χ3n) is 4.30. The Labute approximate surface area is 152 Å². The van der Waals surface area contributed by atoms with E-state index in [1.165, 1.54) is 6.07 Å². The Morgan fingerprint density at radius 2 is 1.77 bits per heavy atom. The van der Waals surface area contributed by atoms with E-state index < -0.39 is 29.2 Å². The van der Waals surface area contributed by atoms with Crippen LogP contribution in [0.4, 0.5) is 13.6 Å². The predicted molar refractivity (Wildman–Crippen MR) is 93.8 cm³/mol. The Kier molecular flexibility index (Phi) is 6.56. The van der Waals surface area contributed by atoms with Gasteiger partial charge in [0.25, 0.3) is 5.91 Å². The quantitative estimate of drug-likeness (QED) is 0.850. The lowest BCUT2D eigenvalue weighted by Gasteiger charge is -2.30. The Bertz CT molecular complexity index is 651. The zero-order valence-electron chi connectivity index (χ0n) is 15.4. The highest BCUT2D eigenvalue weighted by Crippen LogP contribution is 2.24. The van der Waals surface area contributed by atoms with Gasteiger partial charge in [0, 0.05) is 18.2 Å². The van der Waals surface area contributed by atoms with E-state index in [1.54, 1.807) is 0 Å². The van der Waals surface area contributed by atoms with Crippen molar-refractivity contribution >= 4 is 12.0 Å². The van der Waals surface area contributed by atoms with Gasteiger partial charge >= 0.3 is 6.09 Å². The van der Waals surface area contributed by atoms with Crippen LogP contribution in [0.2, 0.25) is 0 Å². The van der Waals surface area contributed by atoms with E-state index in [1.807, 2.05) is 20.8 Å². The molecule has 144 valence electrons. The summed E-state index contributed by atoms with van der Waals surface area (Å²) in [5, 5.41) is 5.63. The summed E-state index contributed by atoms with van der Waals surface area (Å²) in [5.41, 5.74) is -0.421. The van der Waals surface area contributed by atoms with Crippen LogP contribution in [0.1, 0.15) is 56.8 Å². The van der Waals surface area contributed by atoms with Crippen molar-refractivity contribution in [2.75, 3.05) is 6.54 Å². The lowest BCUT2D eigenvalue weighted by molar-refractivity contribution is 0.0487. The zero-order chi connectivity index (χ0) is 19.3. The predicted octanol–water partition coefficient (Wildman–Crippen LogP) is 3.78. The molecule has 0 unspecified atom stereocenters. The van der Waals surface area contributed by atoms with E-state index in [4.69, 9.17) is 4.74 Å². The average Bonchev–Trinajstić information content (AvgIpc) is 2.54. The van der Waals surface area contributed by atoms with Crippen molar-refractivity contribution in [2.45, 2.75) is 58.1 Å². The molecule has 1 aromatic rings. The summed E-state index contributed by atoms with van der Waals surface area (Å²) in [7, 11) is 0. The number of alkyl carbamates (subject to hydrolysis) is 1. The lowest BCUT2D eigenvalue weighted by Crippen LogP contribution is -2.42. The first-order valence-corrected chi connectivity index (χ1v) is 8.87. The number of amides is 2. The molecule has 0 atom stereocenters. The number of rotatable bonds is 4. The van der Waals surface area contributed by atoms with Gasteiger partial charge in [-0.25, -0.2) is 13.6 Å². The van der Waals surface area contributed by atoms with Gasteiger partial charge in [0.15, 0.2) is 11.6 Å². The van der Waals surface area contributed by atoms with Gasteiger partial charge in [-0.15, -0.1) is 0 Å². The Morgan fingerprint density at radius 1 is 1.12 bits per heavy atom. The van der Waals surface area contributed by atoms with Gasteiger partial charge in [-0.05, 0) is 70.6 Å². The number of benzene rings is 1. The van der Waals surface area contributed by atoms with Crippen molar-refractivity contribution in [2.24, 2.45) is 5.92 Å². The van der Waals surface area contributed by atoms with Gasteiger partial charge in [0.05, 0.1) is 0 Å². The van der Waals surface area contributed by atoms with Crippen LogP contribution in [0.15, 0.2) is 18.2 Å². The number of hydrogen-bond acceptors (Lipinski definition) is 3. The molecular weight excluding hydrogens is 342 g/mol. The highest BCUT2D eigenvalue weighted by atomic mass is 19.2. The van der Waals surface area contributed by atoms with Crippen LogP contribution in [0.25, 0.3) is 0 Å². The second kappa shape index (κ2) is 8.47. The Balaban J connectivity index is 1.72. The summed E-state index contributed by atoms with van der Waals surface area (Å²) in [5.74, 6) is -2.14. The van der Waals surface area contributed by atoms with Gasteiger partial charge in [-0.3, -0.25) is 4.79 Å². The summed E-state index contributed by atoms with van der Waals surface area (Å²) < 4.78 is 31.3. The first-order valence-electron chi connectivity index (χ1n) is 8.87. The van der Waals surface area contributed by atoms with Crippen molar-refractivity contribution in [3.63, 3.8) is 0 Å². The summed E-state index contributed by atoms with van der Waals surface area (Å²) in [6.07, 6.45) is 2.93. The molecule has 2 N–H and O–H groups in total. The molecular formula is C19H26F2N2O3. The van der Waals surface area contributed by atoms with E-state index in [0.29, 0.717) is 12.5 Å². The SMILES string of the molecule is CC(C)(C)OC(=O)NC1CCC(CNC(=O)c2ccc(F)c(F)c2)CC1. The van der Waals surface area contributed by atoms with Crippen LogP contribution >= 0.6 is 0 Å². The maximum atomic E-state index is 13.2. The fourth-order valence-electron chi connectivity index (χ4n) is 2.96. The maximum Gasteiger partial charge on any atom is 0.407 e. The van der Waals surface area contributed by atoms with Crippen molar-refractivity contribution in [1.29, 1.82) is 0 Å². The molecule has 0 heterocycles. The van der Waals surface area contributed by atoms with Crippen LogP contribution in [0.3, 0.4) is 0 Å². The topological polar surface area (TPSA) is 67.4 Å². The molecule has 0 aliphatic heterocycles. The molecule has 5 nitrogen and oxygen atoms in total. The van der Waals surface area contributed by atoms with E-state index in [9.17, 15) is 18.4 Å². The van der Waals surface area contributed by atoms with Crippen molar-refractivity contribution in [3.8, 4) is 0 Å². The molecule has 1 aromatic carbocycles. The minimum absolute atomic E-state index is 0.0722. The van der Waals surface area contributed by atoms with Gasteiger partial charge in [0.1, 0.15) is 5.60 Å². The van der Waals surface area contributed by atoms with Gasteiger partial charge < -0.3 is 15.4 Å². The van der Waals surface area contributed by atoms with E-state index in [2.05, 4.69) is 10.6 Å². The first kappa shape index (κ1) is 20.1. The van der Waals surface area contributed by atoms with Crippen molar-refractivity contribution < 1.29 is 23.1 Å². The number of carbonyl (C=O) groups excluding carboxylic acids is 2. The first-order chi connectivity index (χ1) is 12.1. The van der Waals surface area contributed by atoms with Crippen LogP contribution in [-0.4, -0.2) is 30.2 Å². The molecule has 2 rings (SSSR count). The fraction of sp³-hybridized carbons (Fsp3) is 0.579. The van der Waals surface area contributed by atoms with Crippen LogP contribution in [0, 0.1) is 17.6 Å². The zero-order valence-corrected chi connectivity index (χ0v) is 15.4. The molecule has 0 radical (unpaired) electrons. The molecule has 0 aromatic heterocycles. The largest absolute Gasteiger partial charge is 0.444 e. The summed E-state index contributed by atoms with van der Waals surface area (Å²) in [6, 6.07) is 3.17. The van der Waals surface area contributed by atoms with E-state index >= 15 is 0 Å². The van der Waals surface area contributed by atoms with Crippen molar-refractivity contribution in [3.05, 3.63) is 35.4 Å².